The van der Waals surface area contributed by atoms with Crippen molar-refractivity contribution in [3.8, 4) is 0 Å². The van der Waals surface area contributed by atoms with Crippen molar-refractivity contribution < 1.29 is 22.7 Å². The number of halogens is 1. The molecule has 0 saturated carbocycles. The van der Waals surface area contributed by atoms with Crippen LogP contribution < -0.4 is 10.5 Å². The first-order chi connectivity index (χ1) is 15.1. The average Bonchev–Trinajstić information content (AvgIpc) is 2.74. The van der Waals surface area contributed by atoms with E-state index in [-0.39, 0.29) is 10.5 Å². The van der Waals surface area contributed by atoms with Gasteiger partial charge >= 0.3 is 5.97 Å². The van der Waals surface area contributed by atoms with Gasteiger partial charge in [0.1, 0.15) is 0 Å². The number of hydrogen-bond acceptors (Lipinski definition) is 6. The number of aryl methyl sites for hydroxylation is 1. The van der Waals surface area contributed by atoms with Gasteiger partial charge in [0.25, 0.3) is 5.91 Å². The Kier molecular flexibility index (Phi) is 7.57. The first-order valence-electron chi connectivity index (χ1n) is 9.26. The molecule has 0 bridgehead atoms. The van der Waals surface area contributed by atoms with Gasteiger partial charge < -0.3 is 10.1 Å². The number of hydrogen-bond donors (Lipinski definition) is 2. The third kappa shape index (κ3) is 6.33. The number of sulfonamides is 1. The fraction of sp³-hybridized carbons (Fsp3) is 0.0909. The fourth-order valence-electron chi connectivity index (χ4n) is 2.72. The van der Waals surface area contributed by atoms with E-state index in [2.05, 4.69) is 5.32 Å². The van der Waals surface area contributed by atoms with Crippen LogP contribution in [0.5, 0.6) is 0 Å². The molecule has 0 spiro atoms. The summed E-state index contributed by atoms with van der Waals surface area (Å²) in [5, 5.41) is 8.50. The molecule has 1 amide bonds. The molecule has 3 N–H and O–H groups in total. The van der Waals surface area contributed by atoms with Crippen LogP contribution in [0.2, 0.25) is 5.02 Å². The van der Waals surface area contributed by atoms with Gasteiger partial charge in [-0.05, 0) is 61.0 Å². The van der Waals surface area contributed by atoms with Crippen LogP contribution in [0.15, 0.2) is 81.4 Å². The van der Waals surface area contributed by atoms with E-state index in [1.807, 2.05) is 24.3 Å². The zero-order valence-electron chi connectivity index (χ0n) is 16.9. The molecule has 0 fully saturated rings. The van der Waals surface area contributed by atoms with Gasteiger partial charge in [0, 0.05) is 14.8 Å². The predicted molar refractivity (Wildman–Crippen MR) is 123 cm³/mol. The summed E-state index contributed by atoms with van der Waals surface area (Å²) in [6, 6.07) is 18.5. The van der Waals surface area contributed by atoms with Gasteiger partial charge in [-0.1, -0.05) is 41.6 Å². The minimum absolute atomic E-state index is 0.0221. The number of carbonyl (C=O) groups excluding carboxylic acids is 2. The van der Waals surface area contributed by atoms with E-state index in [0.717, 1.165) is 15.9 Å². The van der Waals surface area contributed by atoms with Crippen LogP contribution >= 0.6 is 23.4 Å². The van der Waals surface area contributed by atoms with E-state index < -0.39 is 28.5 Å². The molecule has 0 aliphatic carbocycles. The number of primary sulfonamides is 1. The number of esters is 1. The van der Waals surface area contributed by atoms with Crippen molar-refractivity contribution >= 4 is 50.9 Å². The molecule has 0 aliphatic rings. The Balaban J connectivity index is 1.64. The summed E-state index contributed by atoms with van der Waals surface area (Å²) in [5.74, 6) is -1.38. The Morgan fingerprint density at radius 1 is 1.06 bits per heavy atom. The molecule has 0 heterocycles. The molecule has 166 valence electrons. The first-order valence-corrected chi connectivity index (χ1v) is 12.0. The van der Waals surface area contributed by atoms with Crippen molar-refractivity contribution in [2.45, 2.75) is 21.6 Å². The lowest BCUT2D eigenvalue weighted by molar-refractivity contribution is -0.119. The highest BCUT2D eigenvalue weighted by atomic mass is 35.5. The molecular formula is C22H19ClN2O5S2. The Bertz CT molecular complexity index is 1260. The van der Waals surface area contributed by atoms with Crippen LogP contribution in [0, 0.1) is 6.92 Å². The van der Waals surface area contributed by atoms with Gasteiger partial charge in [0.15, 0.2) is 6.61 Å². The highest BCUT2D eigenvalue weighted by Gasteiger charge is 2.17. The molecule has 0 saturated heterocycles. The number of amides is 1. The quantitative estimate of drug-likeness (QED) is 0.478. The molecule has 3 aromatic carbocycles. The summed E-state index contributed by atoms with van der Waals surface area (Å²) >= 11 is 7.36. The second-order valence-electron chi connectivity index (χ2n) is 6.70. The molecule has 7 nitrogen and oxygen atoms in total. The van der Waals surface area contributed by atoms with Crippen LogP contribution in [0.3, 0.4) is 0 Å². The van der Waals surface area contributed by atoms with Crippen LogP contribution in [-0.2, 0) is 19.6 Å². The molecule has 0 aliphatic heterocycles. The number of anilines is 1. The summed E-state index contributed by atoms with van der Waals surface area (Å²) in [5.41, 5.74) is 0.933. The summed E-state index contributed by atoms with van der Waals surface area (Å²) in [6.45, 7) is 1.01. The number of carbonyl (C=O) groups is 2. The van der Waals surface area contributed by atoms with Crippen molar-refractivity contribution in [1.82, 2.24) is 0 Å². The maximum Gasteiger partial charge on any atom is 0.338 e. The minimum atomic E-state index is -3.99. The lowest BCUT2D eigenvalue weighted by Gasteiger charge is -2.11. The number of nitrogens with two attached hydrogens (primary N) is 1. The standard InChI is InChI=1S/C22H19ClN2O5S2/c1-14-6-7-15(12-20(14)32(24,28)29)22(27)30-13-21(26)25-18-4-2-3-5-19(18)31-17-10-8-16(23)9-11-17/h2-12H,13H2,1H3,(H,25,26)(H2,24,28,29). The molecule has 3 rings (SSSR count). The number of nitrogens with one attached hydrogen (secondary N) is 1. The normalized spacial score (nSPS) is 11.1. The number of para-hydroxylation sites is 1. The minimum Gasteiger partial charge on any atom is -0.452 e. The van der Waals surface area contributed by atoms with Gasteiger partial charge in [0.05, 0.1) is 16.1 Å². The number of benzene rings is 3. The molecule has 0 radical (unpaired) electrons. The number of rotatable bonds is 7. The zero-order chi connectivity index (χ0) is 23.3. The Hall–Kier alpha value is -2.85. The third-order valence-corrected chi connectivity index (χ3v) is 6.66. The highest BCUT2D eigenvalue weighted by molar-refractivity contribution is 7.99. The Morgan fingerprint density at radius 3 is 2.44 bits per heavy atom. The van der Waals surface area contributed by atoms with E-state index in [4.69, 9.17) is 21.5 Å². The Labute approximate surface area is 195 Å². The maximum absolute atomic E-state index is 12.3. The van der Waals surface area contributed by atoms with Gasteiger partial charge in [-0.3, -0.25) is 4.79 Å². The van der Waals surface area contributed by atoms with Gasteiger partial charge in [0.2, 0.25) is 10.0 Å². The van der Waals surface area contributed by atoms with E-state index in [0.29, 0.717) is 16.3 Å². The summed E-state index contributed by atoms with van der Waals surface area (Å²) < 4.78 is 28.3. The average molecular weight is 491 g/mol. The van der Waals surface area contributed by atoms with E-state index in [9.17, 15) is 18.0 Å². The van der Waals surface area contributed by atoms with E-state index >= 15 is 0 Å². The monoisotopic (exact) mass is 490 g/mol. The van der Waals surface area contributed by atoms with Crippen molar-refractivity contribution in [1.29, 1.82) is 0 Å². The third-order valence-electron chi connectivity index (χ3n) is 4.27. The second-order valence-corrected chi connectivity index (χ2v) is 9.78. The first kappa shape index (κ1) is 23.8. The van der Waals surface area contributed by atoms with Gasteiger partial charge in [-0.25, -0.2) is 18.4 Å². The molecule has 10 heteroatoms. The molecule has 0 atom stereocenters. The van der Waals surface area contributed by atoms with E-state index in [1.165, 1.54) is 23.9 Å². The summed E-state index contributed by atoms with van der Waals surface area (Å²) in [4.78, 5) is 26.2. The van der Waals surface area contributed by atoms with Gasteiger partial charge in [-0.2, -0.15) is 0 Å². The maximum atomic E-state index is 12.3. The fourth-order valence-corrected chi connectivity index (χ4v) is 4.56. The van der Waals surface area contributed by atoms with Crippen molar-refractivity contribution in [2.75, 3.05) is 11.9 Å². The predicted octanol–water partition coefficient (Wildman–Crippen LogP) is 4.24. The highest BCUT2D eigenvalue weighted by Crippen LogP contribution is 2.33. The zero-order valence-corrected chi connectivity index (χ0v) is 19.3. The smallest absolute Gasteiger partial charge is 0.338 e. The lowest BCUT2D eigenvalue weighted by Crippen LogP contribution is -2.21. The molecule has 0 aromatic heterocycles. The van der Waals surface area contributed by atoms with E-state index in [1.54, 1.807) is 31.2 Å². The van der Waals surface area contributed by atoms with Crippen molar-refractivity contribution in [3.05, 3.63) is 82.9 Å². The number of ether oxygens (including phenoxy) is 1. The summed E-state index contributed by atoms with van der Waals surface area (Å²) in [6.07, 6.45) is 0. The topological polar surface area (TPSA) is 116 Å². The molecule has 0 unspecified atom stereocenters. The van der Waals surface area contributed by atoms with Crippen LogP contribution in [0.1, 0.15) is 15.9 Å². The molecule has 3 aromatic rings. The Morgan fingerprint density at radius 2 is 1.75 bits per heavy atom. The van der Waals surface area contributed by atoms with Crippen molar-refractivity contribution in [2.24, 2.45) is 5.14 Å². The van der Waals surface area contributed by atoms with Crippen LogP contribution in [0.25, 0.3) is 0 Å². The largest absolute Gasteiger partial charge is 0.452 e. The lowest BCUT2D eigenvalue weighted by atomic mass is 10.1. The second kappa shape index (κ2) is 10.2. The van der Waals surface area contributed by atoms with Gasteiger partial charge in [-0.15, -0.1) is 0 Å². The molecule has 32 heavy (non-hydrogen) atoms. The summed E-state index contributed by atoms with van der Waals surface area (Å²) in [7, 11) is -3.99. The van der Waals surface area contributed by atoms with Crippen LogP contribution in [0.4, 0.5) is 5.69 Å². The molecular weight excluding hydrogens is 472 g/mol. The van der Waals surface area contributed by atoms with Crippen molar-refractivity contribution in [3.63, 3.8) is 0 Å². The SMILES string of the molecule is Cc1ccc(C(=O)OCC(=O)Nc2ccccc2Sc2ccc(Cl)cc2)cc1S(N)(=O)=O. The van der Waals surface area contributed by atoms with Crippen LogP contribution in [-0.4, -0.2) is 26.9 Å².